The molecule has 0 unspecified atom stereocenters. The van der Waals surface area contributed by atoms with Gasteiger partial charge in [-0.15, -0.1) is 0 Å². The van der Waals surface area contributed by atoms with Crippen LogP contribution in [0.1, 0.15) is 50.0 Å². The zero-order valence-electron chi connectivity index (χ0n) is 15.5. The number of rotatable bonds is 8. The van der Waals surface area contributed by atoms with Crippen LogP contribution < -0.4 is 5.32 Å². The van der Waals surface area contributed by atoms with Gasteiger partial charge in [0.15, 0.2) is 11.5 Å². The van der Waals surface area contributed by atoms with Crippen LogP contribution in [0.25, 0.3) is 22.1 Å². The van der Waals surface area contributed by atoms with E-state index in [1.807, 2.05) is 24.3 Å². The van der Waals surface area contributed by atoms with Crippen molar-refractivity contribution in [3.8, 4) is 11.3 Å². The number of fused-ring (bicyclic) bond motifs is 1. The van der Waals surface area contributed by atoms with Crippen LogP contribution in [0.4, 0.5) is 0 Å². The summed E-state index contributed by atoms with van der Waals surface area (Å²) in [4.78, 5) is 12.4. The van der Waals surface area contributed by atoms with Gasteiger partial charge in [0.25, 0.3) is 5.91 Å². The fraction of sp³-hybridized carbons (Fsp3) is 0.364. The van der Waals surface area contributed by atoms with E-state index >= 15 is 0 Å². The molecule has 0 bridgehead atoms. The summed E-state index contributed by atoms with van der Waals surface area (Å²) in [5.41, 5.74) is 1.25. The van der Waals surface area contributed by atoms with Crippen molar-refractivity contribution in [2.24, 2.45) is 5.92 Å². The van der Waals surface area contributed by atoms with Gasteiger partial charge < -0.3 is 9.84 Å². The van der Waals surface area contributed by atoms with E-state index < -0.39 is 0 Å². The van der Waals surface area contributed by atoms with Gasteiger partial charge in [-0.25, -0.2) is 0 Å². The Bertz CT molecular complexity index is 869. The van der Waals surface area contributed by atoms with E-state index in [9.17, 15) is 4.79 Å². The molecule has 0 aliphatic rings. The fourth-order valence-electron chi connectivity index (χ4n) is 3.13. The number of nitrogens with zero attached hydrogens (tertiary/aromatic N) is 1. The SMILES string of the molecule is CCCC[C@@H](CC)CNC(=O)c1cc(-c2ccc3ccccc3c2)on1. The summed E-state index contributed by atoms with van der Waals surface area (Å²) < 4.78 is 5.41. The summed E-state index contributed by atoms with van der Waals surface area (Å²) in [5.74, 6) is 0.959. The summed E-state index contributed by atoms with van der Waals surface area (Å²) in [5, 5.41) is 9.25. The van der Waals surface area contributed by atoms with Crippen molar-refractivity contribution >= 4 is 16.7 Å². The minimum atomic E-state index is -0.171. The zero-order valence-corrected chi connectivity index (χ0v) is 15.5. The number of carbonyl (C=O) groups is 1. The number of carbonyl (C=O) groups excluding carboxylic acids is 1. The molecule has 3 rings (SSSR count). The Balaban J connectivity index is 1.67. The van der Waals surface area contributed by atoms with Crippen LogP contribution in [-0.2, 0) is 0 Å². The molecule has 0 saturated heterocycles. The highest BCUT2D eigenvalue weighted by Crippen LogP contribution is 2.25. The molecule has 0 radical (unpaired) electrons. The lowest BCUT2D eigenvalue weighted by Gasteiger charge is -2.14. The number of benzene rings is 2. The Morgan fingerprint density at radius 2 is 1.92 bits per heavy atom. The first-order valence-electron chi connectivity index (χ1n) is 9.45. The molecule has 0 fully saturated rings. The van der Waals surface area contributed by atoms with E-state index in [1.54, 1.807) is 6.07 Å². The van der Waals surface area contributed by atoms with E-state index in [2.05, 4.69) is 42.5 Å². The van der Waals surface area contributed by atoms with Gasteiger partial charge >= 0.3 is 0 Å². The number of hydrogen-bond donors (Lipinski definition) is 1. The average molecular weight is 350 g/mol. The van der Waals surface area contributed by atoms with Crippen molar-refractivity contribution in [3.05, 3.63) is 54.2 Å². The van der Waals surface area contributed by atoms with Crippen LogP contribution in [0.5, 0.6) is 0 Å². The molecule has 0 spiro atoms. The summed E-state index contributed by atoms with van der Waals surface area (Å²) in [7, 11) is 0. The van der Waals surface area contributed by atoms with Gasteiger partial charge in [0, 0.05) is 18.2 Å². The maximum Gasteiger partial charge on any atom is 0.273 e. The third-order valence-electron chi connectivity index (χ3n) is 4.87. The predicted molar refractivity (Wildman–Crippen MR) is 105 cm³/mol. The maximum absolute atomic E-state index is 12.4. The Morgan fingerprint density at radius 1 is 1.12 bits per heavy atom. The lowest BCUT2D eigenvalue weighted by molar-refractivity contribution is 0.0937. The number of aromatic nitrogens is 1. The lowest BCUT2D eigenvalue weighted by Crippen LogP contribution is -2.29. The minimum Gasteiger partial charge on any atom is -0.355 e. The molecular formula is C22H26N2O2. The normalized spacial score (nSPS) is 12.2. The fourth-order valence-corrected chi connectivity index (χ4v) is 3.13. The van der Waals surface area contributed by atoms with E-state index in [-0.39, 0.29) is 5.91 Å². The average Bonchev–Trinajstić information content (AvgIpc) is 3.18. The molecule has 0 saturated carbocycles. The second kappa shape index (κ2) is 8.65. The van der Waals surface area contributed by atoms with Crippen molar-refractivity contribution < 1.29 is 9.32 Å². The van der Waals surface area contributed by atoms with Gasteiger partial charge in [0.2, 0.25) is 0 Å². The summed E-state index contributed by atoms with van der Waals surface area (Å²) in [6.07, 6.45) is 4.60. The molecule has 0 aliphatic carbocycles. The molecule has 0 aliphatic heterocycles. The van der Waals surface area contributed by atoms with Gasteiger partial charge in [-0.05, 0) is 29.2 Å². The van der Waals surface area contributed by atoms with Gasteiger partial charge in [-0.1, -0.05) is 74.7 Å². The highest BCUT2D eigenvalue weighted by Gasteiger charge is 2.15. The first-order valence-corrected chi connectivity index (χ1v) is 9.45. The second-order valence-corrected chi connectivity index (χ2v) is 6.76. The standard InChI is InChI=1S/C22H26N2O2/c1-3-5-8-16(4-2)15-23-22(25)20-14-21(26-24-20)19-12-11-17-9-6-7-10-18(17)13-19/h6-7,9-14,16H,3-5,8,15H2,1-2H3,(H,23,25)/t16-/m1/s1. The van der Waals surface area contributed by atoms with E-state index in [0.29, 0.717) is 23.9 Å². The smallest absolute Gasteiger partial charge is 0.273 e. The van der Waals surface area contributed by atoms with Crippen LogP contribution in [0, 0.1) is 5.92 Å². The quantitative estimate of drug-likeness (QED) is 0.588. The lowest BCUT2D eigenvalue weighted by atomic mass is 9.99. The van der Waals surface area contributed by atoms with Crippen LogP contribution in [-0.4, -0.2) is 17.6 Å². The molecule has 1 N–H and O–H groups in total. The van der Waals surface area contributed by atoms with Crippen molar-refractivity contribution in [2.75, 3.05) is 6.54 Å². The summed E-state index contributed by atoms with van der Waals surface area (Å²) in [6.45, 7) is 5.04. The van der Waals surface area contributed by atoms with Gasteiger partial charge in [-0.2, -0.15) is 0 Å². The van der Waals surface area contributed by atoms with Crippen molar-refractivity contribution in [2.45, 2.75) is 39.5 Å². The third kappa shape index (κ3) is 4.31. The molecule has 4 nitrogen and oxygen atoms in total. The molecule has 1 aromatic heterocycles. The van der Waals surface area contributed by atoms with Gasteiger partial charge in [0.1, 0.15) is 0 Å². The van der Waals surface area contributed by atoms with Crippen molar-refractivity contribution in [1.82, 2.24) is 10.5 Å². The van der Waals surface area contributed by atoms with Crippen LogP contribution in [0.3, 0.4) is 0 Å². The Hall–Kier alpha value is -2.62. The number of unbranched alkanes of at least 4 members (excludes halogenated alkanes) is 1. The molecule has 1 heterocycles. The van der Waals surface area contributed by atoms with E-state index in [0.717, 1.165) is 23.8 Å². The molecule has 4 heteroatoms. The third-order valence-corrected chi connectivity index (χ3v) is 4.87. The minimum absolute atomic E-state index is 0.171. The van der Waals surface area contributed by atoms with Crippen molar-refractivity contribution in [3.63, 3.8) is 0 Å². The Morgan fingerprint density at radius 3 is 2.69 bits per heavy atom. The van der Waals surface area contributed by atoms with E-state index in [4.69, 9.17) is 4.52 Å². The molecule has 136 valence electrons. The molecule has 2 aromatic carbocycles. The van der Waals surface area contributed by atoms with Crippen LogP contribution >= 0.6 is 0 Å². The first-order chi connectivity index (χ1) is 12.7. The van der Waals surface area contributed by atoms with E-state index in [1.165, 1.54) is 18.2 Å². The molecule has 26 heavy (non-hydrogen) atoms. The Kier molecular flexibility index (Phi) is 6.05. The largest absolute Gasteiger partial charge is 0.355 e. The summed E-state index contributed by atoms with van der Waals surface area (Å²) in [6, 6.07) is 16.0. The first kappa shape index (κ1) is 18.2. The Labute approximate surface area is 154 Å². The number of nitrogens with one attached hydrogen (secondary N) is 1. The van der Waals surface area contributed by atoms with Gasteiger partial charge in [0.05, 0.1) is 0 Å². The maximum atomic E-state index is 12.4. The molecule has 1 atom stereocenters. The number of amides is 1. The predicted octanol–water partition coefficient (Wildman–Crippen LogP) is 5.44. The van der Waals surface area contributed by atoms with Gasteiger partial charge in [-0.3, -0.25) is 4.79 Å². The van der Waals surface area contributed by atoms with Crippen molar-refractivity contribution in [1.29, 1.82) is 0 Å². The second-order valence-electron chi connectivity index (χ2n) is 6.76. The molecule has 1 amide bonds. The number of hydrogen-bond acceptors (Lipinski definition) is 3. The summed E-state index contributed by atoms with van der Waals surface area (Å²) >= 11 is 0. The highest BCUT2D eigenvalue weighted by atomic mass is 16.5. The monoisotopic (exact) mass is 350 g/mol. The highest BCUT2D eigenvalue weighted by molar-refractivity contribution is 5.93. The van der Waals surface area contributed by atoms with Crippen LogP contribution in [0.2, 0.25) is 0 Å². The van der Waals surface area contributed by atoms with Crippen LogP contribution in [0.15, 0.2) is 53.1 Å². The zero-order chi connectivity index (χ0) is 18.4. The molecule has 3 aromatic rings. The topological polar surface area (TPSA) is 55.1 Å². The molecular weight excluding hydrogens is 324 g/mol.